The maximum atomic E-state index is 4.36. The highest BCUT2D eigenvalue weighted by Gasteiger charge is 2.10. The summed E-state index contributed by atoms with van der Waals surface area (Å²) in [5.74, 6) is 1.75. The van der Waals surface area contributed by atoms with Crippen LogP contribution in [0.15, 0.2) is 24.5 Å². The molecule has 0 fully saturated rings. The zero-order valence-electron chi connectivity index (χ0n) is 11.9. The maximum absolute atomic E-state index is 4.36. The molecular weight excluding hydrogens is 236 g/mol. The molecule has 0 aliphatic carbocycles. The predicted molar refractivity (Wildman–Crippen MR) is 80.2 cm³/mol. The van der Waals surface area contributed by atoms with E-state index in [0.29, 0.717) is 0 Å². The van der Waals surface area contributed by atoms with Crippen LogP contribution in [0.3, 0.4) is 0 Å². The van der Waals surface area contributed by atoms with E-state index in [4.69, 9.17) is 0 Å². The Balaban J connectivity index is 2.41. The zero-order valence-corrected chi connectivity index (χ0v) is 11.9. The third-order valence-corrected chi connectivity index (χ3v) is 3.39. The average Bonchev–Trinajstić information content (AvgIpc) is 2.43. The number of aromatic nitrogens is 2. The van der Waals surface area contributed by atoms with E-state index in [9.17, 15) is 0 Å². The highest BCUT2D eigenvalue weighted by Crippen LogP contribution is 2.26. The average molecular weight is 256 g/mol. The van der Waals surface area contributed by atoms with Crippen molar-refractivity contribution in [3.63, 3.8) is 0 Å². The van der Waals surface area contributed by atoms with E-state index >= 15 is 0 Å². The van der Waals surface area contributed by atoms with Crippen LogP contribution in [0.1, 0.15) is 23.6 Å². The zero-order chi connectivity index (χ0) is 13.8. The lowest BCUT2D eigenvalue weighted by Gasteiger charge is -2.15. The number of anilines is 3. The maximum Gasteiger partial charge on any atom is 0.139 e. The van der Waals surface area contributed by atoms with Crippen LogP contribution in [0.2, 0.25) is 0 Å². The smallest absolute Gasteiger partial charge is 0.139 e. The van der Waals surface area contributed by atoms with Crippen molar-refractivity contribution >= 4 is 17.3 Å². The van der Waals surface area contributed by atoms with Gasteiger partial charge >= 0.3 is 0 Å². The van der Waals surface area contributed by atoms with Gasteiger partial charge in [0.1, 0.15) is 18.0 Å². The first-order chi connectivity index (χ1) is 9.17. The number of aryl methyl sites for hydroxylation is 1. The number of hydrogen-bond donors (Lipinski definition) is 2. The molecule has 0 atom stereocenters. The van der Waals surface area contributed by atoms with Gasteiger partial charge in [0.05, 0.1) is 0 Å². The lowest BCUT2D eigenvalue weighted by molar-refractivity contribution is 1.05. The molecule has 0 bridgehead atoms. The molecule has 100 valence electrons. The molecule has 1 aromatic heterocycles. The normalized spacial score (nSPS) is 10.3. The van der Waals surface area contributed by atoms with Gasteiger partial charge in [-0.2, -0.15) is 0 Å². The fourth-order valence-electron chi connectivity index (χ4n) is 2.08. The van der Waals surface area contributed by atoms with Crippen LogP contribution in [-0.2, 0) is 6.42 Å². The Hall–Kier alpha value is -2.10. The molecule has 0 radical (unpaired) electrons. The monoisotopic (exact) mass is 256 g/mol. The Morgan fingerprint density at radius 3 is 2.53 bits per heavy atom. The summed E-state index contributed by atoms with van der Waals surface area (Å²) in [4.78, 5) is 8.61. The predicted octanol–water partition coefficient (Wildman–Crippen LogP) is 3.44. The summed E-state index contributed by atoms with van der Waals surface area (Å²) in [5.41, 5.74) is 4.71. The van der Waals surface area contributed by atoms with Gasteiger partial charge in [-0.15, -0.1) is 0 Å². The van der Waals surface area contributed by atoms with E-state index in [0.717, 1.165) is 29.3 Å². The van der Waals surface area contributed by atoms with Crippen molar-refractivity contribution in [2.45, 2.75) is 27.2 Å². The lowest BCUT2D eigenvalue weighted by atomic mass is 10.1. The molecule has 0 unspecified atom stereocenters. The van der Waals surface area contributed by atoms with Gasteiger partial charge in [0.2, 0.25) is 0 Å². The molecular formula is C15H20N4. The molecule has 0 aliphatic rings. The largest absolute Gasteiger partial charge is 0.373 e. The standard InChI is InChI=1S/C15H20N4/c1-5-12-14(16-4)17-9-18-15(12)19-13-8-6-7-10(2)11(13)3/h6-9H,5H2,1-4H3,(H2,16,17,18,19). The second kappa shape index (κ2) is 5.69. The number of rotatable bonds is 4. The van der Waals surface area contributed by atoms with Crippen molar-refractivity contribution < 1.29 is 0 Å². The first-order valence-corrected chi connectivity index (χ1v) is 6.52. The minimum atomic E-state index is 0.871. The molecule has 4 heteroatoms. The molecule has 2 N–H and O–H groups in total. The van der Waals surface area contributed by atoms with Crippen molar-refractivity contribution in [3.8, 4) is 0 Å². The second-order valence-corrected chi connectivity index (χ2v) is 4.53. The van der Waals surface area contributed by atoms with Crippen LogP contribution in [0.25, 0.3) is 0 Å². The van der Waals surface area contributed by atoms with Crippen LogP contribution in [0, 0.1) is 13.8 Å². The minimum absolute atomic E-state index is 0.871. The molecule has 4 nitrogen and oxygen atoms in total. The van der Waals surface area contributed by atoms with Crippen molar-refractivity contribution in [1.29, 1.82) is 0 Å². The topological polar surface area (TPSA) is 49.8 Å². The summed E-state index contributed by atoms with van der Waals surface area (Å²) in [6.07, 6.45) is 2.46. The summed E-state index contributed by atoms with van der Waals surface area (Å²) in [6.45, 7) is 6.33. The molecule has 0 spiro atoms. The highest BCUT2D eigenvalue weighted by molar-refractivity contribution is 5.67. The van der Waals surface area contributed by atoms with E-state index in [-0.39, 0.29) is 0 Å². The third-order valence-electron chi connectivity index (χ3n) is 3.39. The summed E-state index contributed by atoms with van der Waals surface area (Å²) in [6, 6.07) is 6.24. The van der Waals surface area contributed by atoms with Crippen LogP contribution in [0.4, 0.5) is 17.3 Å². The Morgan fingerprint density at radius 2 is 1.84 bits per heavy atom. The van der Waals surface area contributed by atoms with Gasteiger partial charge in [0.15, 0.2) is 0 Å². The van der Waals surface area contributed by atoms with Crippen molar-refractivity contribution in [3.05, 3.63) is 41.2 Å². The van der Waals surface area contributed by atoms with E-state index in [1.807, 2.05) is 7.05 Å². The summed E-state index contributed by atoms with van der Waals surface area (Å²) >= 11 is 0. The molecule has 1 aromatic carbocycles. The van der Waals surface area contributed by atoms with Gasteiger partial charge < -0.3 is 10.6 Å². The van der Waals surface area contributed by atoms with Gasteiger partial charge in [-0.25, -0.2) is 9.97 Å². The molecule has 0 saturated carbocycles. The van der Waals surface area contributed by atoms with Gasteiger partial charge in [-0.05, 0) is 37.5 Å². The van der Waals surface area contributed by atoms with Gasteiger partial charge in [0, 0.05) is 18.3 Å². The summed E-state index contributed by atoms with van der Waals surface area (Å²) < 4.78 is 0. The first-order valence-electron chi connectivity index (χ1n) is 6.52. The summed E-state index contributed by atoms with van der Waals surface area (Å²) in [5, 5.41) is 6.52. The number of hydrogen-bond acceptors (Lipinski definition) is 4. The van der Waals surface area contributed by atoms with Gasteiger partial charge in [0.25, 0.3) is 0 Å². The fraction of sp³-hybridized carbons (Fsp3) is 0.333. The van der Waals surface area contributed by atoms with E-state index in [1.165, 1.54) is 11.1 Å². The Kier molecular flexibility index (Phi) is 4.00. The number of benzene rings is 1. The van der Waals surface area contributed by atoms with E-state index in [1.54, 1.807) is 6.33 Å². The quantitative estimate of drug-likeness (QED) is 0.879. The Bertz CT molecular complexity index is 578. The minimum Gasteiger partial charge on any atom is -0.373 e. The number of nitrogens with zero attached hydrogens (tertiary/aromatic N) is 2. The Morgan fingerprint density at radius 1 is 1.11 bits per heavy atom. The van der Waals surface area contributed by atoms with Gasteiger partial charge in [-0.1, -0.05) is 19.1 Å². The van der Waals surface area contributed by atoms with E-state index < -0.39 is 0 Å². The van der Waals surface area contributed by atoms with Gasteiger partial charge in [-0.3, -0.25) is 0 Å². The first kappa shape index (κ1) is 13.3. The molecule has 0 saturated heterocycles. The third kappa shape index (κ3) is 2.67. The van der Waals surface area contributed by atoms with Crippen LogP contribution in [-0.4, -0.2) is 17.0 Å². The summed E-state index contributed by atoms with van der Waals surface area (Å²) in [7, 11) is 1.88. The number of nitrogens with one attached hydrogen (secondary N) is 2. The van der Waals surface area contributed by atoms with Crippen LogP contribution >= 0.6 is 0 Å². The molecule has 1 heterocycles. The van der Waals surface area contributed by atoms with Crippen LogP contribution < -0.4 is 10.6 Å². The molecule has 2 aromatic rings. The lowest BCUT2D eigenvalue weighted by Crippen LogP contribution is -2.05. The highest BCUT2D eigenvalue weighted by atomic mass is 15.1. The Labute approximate surface area is 114 Å². The molecule has 0 amide bonds. The fourth-order valence-corrected chi connectivity index (χ4v) is 2.08. The van der Waals surface area contributed by atoms with E-state index in [2.05, 4.69) is 59.6 Å². The second-order valence-electron chi connectivity index (χ2n) is 4.53. The SMILES string of the molecule is CCc1c(NC)ncnc1Nc1cccc(C)c1C. The molecule has 19 heavy (non-hydrogen) atoms. The molecule has 0 aliphatic heterocycles. The van der Waals surface area contributed by atoms with Crippen molar-refractivity contribution in [2.24, 2.45) is 0 Å². The van der Waals surface area contributed by atoms with Crippen molar-refractivity contribution in [2.75, 3.05) is 17.7 Å². The van der Waals surface area contributed by atoms with Crippen molar-refractivity contribution in [1.82, 2.24) is 9.97 Å². The molecule has 2 rings (SSSR count). The van der Waals surface area contributed by atoms with Crippen LogP contribution in [0.5, 0.6) is 0 Å².